The molecule has 0 aliphatic carbocycles. The molecule has 10 nitrogen and oxygen atoms in total. The number of anilines is 2. The molecule has 0 unspecified atom stereocenters. The number of halogens is 3. The Labute approximate surface area is 217 Å². The molecule has 0 aliphatic heterocycles. The molecule has 180 valence electrons. The second kappa shape index (κ2) is 12.2. The molecule has 13 heteroatoms. The Balaban J connectivity index is 1.44. The summed E-state index contributed by atoms with van der Waals surface area (Å²) in [7, 11) is 0. The third-order valence-corrected chi connectivity index (χ3v) is 5.37. The molecular formula is C22H16BrCl2N5O5. The number of rotatable bonds is 6. The molecule has 0 spiro atoms. The van der Waals surface area contributed by atoms with Gasteiger partial charge in [-0.15, -0.1) is 0 Å². The van der Waals surface area contributed by atoms with Crippen LogP contribution in [0.1, 0.15) is 11.5 Å². The van der Waals surface area contributed by atoms with Crippen LogP contribution in [0.5, 0.6) is 0 Å². The smallest absolute Gasteiger partial charge is 0.329 e. The monoisotopic (exact) mass is 579 g/mol. The van der Waals surface area contributed by atoms with Gasteiger partial charge < -0.3 is 20.4 Å². The molecule has 0 atom stereocenters. The minimum Gasteiger partial charge on any atom is -0.458 e. The van der Waals surface area contributed by atoms with E-state index < -0.39 is 23.6 Å². The van der Waals surface area contributed by atoms with Crippen molar-refractivity contribution < 1.29 is 23.6 Å². The highest BCUT2D eigenvalue weighted by Crippen LogP contribution is 2.24. The fourth-order valence-corrected chi connectivity index (χ4v) is 3.23. The predicted molar refractivity (Wildman–Crippen MR) is 134 cm³/mol. The van der Waals surface area contributed by atoms with Gasteiger partial charge in [0.15, 0.2) is 0 Å². The Morgan fingerprint density at radius 3 is 2.29 bits per heavy atom. The van der Waals surface area contributed by atoms with E-state index in [-0.39, 0.29) is 17.3 Å². The van der Waals surface area contributed by atoms with E-state index in [1.807, 2.05) is 0 Å². The lowest BCUT2D eigenvalue weighted by atomic mass is 10.3. The van der Waals surface area contributed by atoms with E-state index in [1.54, 1.807) is 30.3 Å². The van der Waals surface area contributed by atoms with Crippen LogP contribution in [-0.4, -0.2) is 29.8 Å². The zero-order valence-electron chi connectivity index (χ0n) is 17.6. The number of hydrazone groups is 1. The molecule has 0 saturated heterocycles. The summed E-state index contributed by atoms with van der Waals surface area (Å²) in [6.07, 6.45) is 1.17. The molecular weight excluding hydrogens is 565 g/mol. The van der Waals surface area contributed by atoms with E-state index >= 15 is 0 Å². The first-order chi connectivity index (χ1) is 16.7. The first kappa shape index (κ1) is 25.9. The molecule has 2 aromatic carbocycles. The lowest BCUT2D eigenvalue weighted by molar-refractivity contribution is -0.136. The Morgan fingerprint density at radius 1 is 0.857 bits per heavy atom. The van der Waals surface area contributed by atoms with Crippen molar-refractivity contribution in [2.24, 2.45) is 5.10 Å². The Morgan fingerprint density at radius 2 is 1.57 bits per heavy atom. The summed E-state index contributed by atoms with van der Waals surface area (Å²) in [4.78, 5) is 47.8. The number of benzene rings is 2. The maximum absolute atomic E-state index is 12.0. The quantitative estimate of drug-likeness (QED) is 0.200. The number of carbonyl (C=O) groups excluding carboxylic acids is 4. The van der Waals surface area contributed by atoms with E-state index in [0.29, 0.717) is 22.2 Å². The van der Waals surface area contributed by atoms with Crippen molar-refractivity contribution in [1.82, 2.24) is 10.7 Å². The number of nitrogens with one attached hydrogen (secondary N) is 4. The summed E-state index contributed by atoms with van der Waals surface area (Å²) in [5.74, 6) is -3.12. The largest absolute Gasteiger partial charge is 0.458 e. The van der Waals surface area contributed by atoms with Crippen LogP contribution < -0.4 is 21.4 Å². The summed E-state index contributed by atoms with van der Waals surface area (Å²) in [5, 5.41) is 11.4. The van der Waals surface area contributed by atoms with Crippen molar-refractivity contribution in [3.8, 4) is 0 Å². The second-order valence-electron chi connectivity index (χ2n) is 6.73. The lowest BCUT2D eigenvalue weighted by Gasteiger charge is -2.06. The molecule has 4 amide bonds. The Bertz CT molecular complexity index is 1310. The van der Waals surface area contributed by atoms with Gasteiger partial charge in [-0.1, -0.05) is 45.2 Å². The molecule has 0 fully saturated rings. The third-order valence-electron chi connectivity index (χ3n) is 4.14. The molecule has 0 aliphatic rings. The summed E-state index contributed by atoms with van der Waals surface area (Å²) in [5.41, 5.74) is 2.82. The van der Waals surface area contributed by atoms with Crippen molar-refractivity contribution in [2.75, 3.05) is 10.6 Å². The summed E-state index contributed by atoms with van der Waals surface area (Å²) >= 11 is 15.0. The molecule has 0 bridgehead atoms. The van der Waals surface area contributed by atoms with Gasteiger partial charge in [-0.2, -0.15) is 5.10 Å². The highest BCUT2D eigenvalue weighted by molar-refractivity contribution is 9.10. The van der Waals surface area contributed by atoms with Crippen molar-refractivity contribution in [2.45, 2.75) is 6.54 Å². The van der Waals surface area contributed by atoms with Crippen LogP contribution in [-0.2, 0) is 25.7 Å². The zero-order valence-corrected chi connectivity index (χ0v) is 20.7. The number of hydrogen-bond acceptors (Lipinski definition) is 6. The average molecular weight is 581 g/mol. The van der Waals surface area contributed by atoms with Gasteiger partial charge in [0.2, 0.25) is 0 Å². The highest BCUT2D eigenvalue weighted by atomic mass is 79.9. The van der Waals surface area contributed by atoms with E-state index in [4.69, 9.17) is 27.6 Å². The Kier molecular flexibility index (Phi) is 9.01. The van der Waals surface area contributed by atoms with E-state index in [9.17, 15) is 19.2 Å². The third kappa shape index (κ3) is 7.95. The number of furan rings is 1. The van der Waals surface area contributed by atoms with Gasteiger partial charge >= 0.3 is 23.6 Å². The molecule has 0 radical (unpaired) electrons. The van der Waals surface area contributed by atoms with Gasteiger partial charge in [0, 0.05) is 15.8 Å². The summed E-state index contributed by atoms with van der Waals surface area (Å²) in [6, 6.07) is 14.2. The van der Waals surface area contributed by atoms with Gasteiger partial charge in [0.05, 0.1) is 22.8 Å². The van der Waals surface area contributed by atoms with Crippen LogP contribution in [0.4, 0.5) is 11.4 Å². The first-order valence-electron chi connectivity index (χ1n) is 9.74. The molecule has 1 heterocycles. The van der Waals surface area contributed by atoms with E-state index in [2.05, 4.69) is 42.4 Å². The fourth-order valence-electron chi connectivity index (χ4n) is 2.53. The number of nitrogens with zero attached hydrogens (tertiary/aromatic N) is 1. The maximum atomic E-state index is 12.0. The maximum Gasteiger partial charge on any atom is 0.329 e. The Hall–Kier alpha value is -3.67. The van der Waals surface area contributed by atoms with Crippen molar-refractivity contribution in [3.63, 3.8) is 0 Å². The van der Waals surface area contributed by atoms with E-state index in [0.717, 1.165) is 4.47 Å². The van der Waals surface area contributed by atoms with Gasteiger partial charge in [-0.3, -0.25) is 19.2 Å². The summed E-state index contributed by atoms with van der Waals surface area (Å²) in [6.45, 7) is -0.0805. The standard InChI is InChI=1S/C22H16BrCl2N5O5/c23-12-2-1-3-13(8-12)28-21(33)22(34)30-27-11-16-6-5-15(35-16)10-26-19(31)20(32)29-14-4-7-17(24)18(25)9-14/h1-9,11H,10H2,(H,26,31)(H,28,33)(H,29,32)(H,30,34)/b27-11+. The number of amides is 4. The van der Waals surface area contributed by atoms with Crippen LogP contribution in [0.15, 0.2) is 68.6 Å². The molecule has 0 saturated carbocycles. The highest BCUT2D eigenvalue weighted by Gasteiger charge is 2.15. The zero-order chi connectivity index (χ0) is 25.4. The SMILES string of the molecule is O=C(NCc1ccc(/C=N/NC(=O)C(=O)Nc2cccc(Br)c2)o1)C(=O)Nc1ccc(Cl)c(Cl)c1. The molecule has 35 heavy (non-hydrogen) atoms. The predicted octanol–water partition coefficient (Wildman–Crippen LogP) is 3.69. The van der Waals surface area contributed by atoms with Crippen LogP contribution in [0.25, 0.3) is 0 Å². The van der Waals surface area contributed by atoms with Crippen LogP contribution in [0.2, 0.25) is 10.0 Å². The van der Waals surface area contributed by atoms with Crippen LogP contribution in [0.3, 0.4) is 0 Å². The molecule has 3 aromatic rings. The molecule has 1 aromatic heterocycles. The number of carbonyl (C=O) groups is 4. The minimum absolute atomic E-state index is 0.0805. The van der Waals surface area contributed by atoms with Gasteiger partial charge in [0.1, 0.15) is 11.5 Å². The first-order valence-corrected chi connectivity index (χ1v) is 11.3. The minimum atomic E-state index is -0.978. The normalized spacial score (nSPS) is 10.6. The van der Waals surface area contributed by atoms with Gasteiger partial charge in [-0.05, 0) is 48.5 Å². The molecule has 3 rings (SSSR count). The van der Waals surface area contributed by atoms with Crippen molar-refractivity contribution in [1.29, 1.82) is 0 Å². The van der Waals surface area contributed by atoms with E-state index in [1.165, 1.54) is 30.5 Å². The van der Waals surface area contributed by atoms with Crippen LogP contribution >= 0.6 is 39.1 Å². The lowest BCUT2D eigenvalue weighted by Crippen LogP contribution is -2.34. The fraction of sp³-hybridized carbons (Fsp3) is 0.0455. The van der Waals surface area contributed by atoms with Crippen molar-refractivity contribution in [3.05, 3.63) is 80.6 Å². The van der Waals surface area contributed by atoms with Gasteiger partial charge in [-0.25, -0.2) is 5.43 Å². The number of hydrogen-bond donors (Lipinski definition) is 4. The van der Waals surface area contributed by atoms with Crippen LogP contribution in [0, 0.1) is 0 Å². The van der Waals surface area contributed by atoms with Gasteiger partial charge in [0.25, 0.3) is 0 Å². The topological polar surface area (TPSA) is 142 Å². The second-order valence-corrected chi connectivity index (χ2v) is 8.46. The molecule has 4 N–H and O–H groups in total. The summed E-state index contributed by atoms with van der Waals surface area (Å²) < 4.78 is 6.17. The average Bonchev–Trinajstić information content (AvgIpc) is 3.27. The van der Waals surface area contributed by atoms with Crippen molar-refractivity contribution >= 4 is 80.3 Å².